The van der Waals surface area contributed by atoms with Gasteiger partial charge in [-0.2, -0.15) is 0 Å². The Balaban J connectivity index is 0.00000200. The highest BCUT2D eigenvalue weighted by molar-refractivity contribution is 5.94. The van der Waals surface area contributed by atoms with Crippen LogP contribution in [0.5, 0.6) is 0 Å². The fourth-order valence-electron chi connectivity index (χ4n) is 2.15. The molecule has 1 aliphatic heterocycles. The third kappa shape index (κ3) is 6.09. The van der Waals surface area contributed by atoms with Gasteiger partial charge in [-0.15, -0.1) is 24.8 Å². The second kappa shape index (κ2) is 9.84. The summed E-state index contributed by atoms with van der Waals surface area (Å²) in [5.74, 6) is 0.0114. The van der Waals surface area contributed by atoms with Gasteiger partial charge in [0.05, 0.1) is 24.6 Å². The first-order valence-electron chi connectivity index (χ1n) is 6.54. The molecule has 1 aromatic carbocycles. The number of anilines is 2. The van der Waals surface area contributed by atoms with E-state index < -0.39 is 0 Å². The van der Waals surface area contributed by atoms with Gasteiger partial charge in [0.1, 0.15) is 0 Å². The van der Waals surface area contributed by atoms with Gasteiger partial charge in [-0.25, -0.2) is 0 Å². The van der Waals surface area contributed by atoms with Gasteiger partial charge in [0.2, 0.25) is 5.91 Å². The van der Waals surface area contributed by atoms with E-state index in [1.807, 2.05) is 43.3 Å². The maximum atomic E-state index is 12.0. The molecule has 7 heteroatoms. The molecule has 2 rings (SSSR count). The Morgan fingerprint density at radius 3 is 2.71 bits per heavy atom. The van der Waals surface area contributed by atoms with E-state index in [1.54, 1.807) is 0 Å². The van der Waals surface area contributed by atoms with Crippen molar-refractivity contribution in [2.75, 3.05) is 44.1 Å². The monoisotopic (exact) mass is 335 g/mol. The molecule has 1 aromatic rings. The van der Waals surface area contributed by atoms with Gasteiger partial charge >= 0.3 is 0 Å². The lowest BCUT2D eigenvalue weighted by Crippen LogP contribution is -2.43. The summed E-state index contributed by atoms with van der Waals surface area (Å²) in [6.07, 6.45) is 0.432. The summed E-state index contributed by atoms with van der Waals surface area (Å²) in [6.45, 7) is 2.14. The van der Waals surface area contributed by atoms with Crippen molar-refractivity contribution in [3.8, 4) is 0 Å². The number of carbonyl (C=O) groups is 1. The molecule has 1 heterocycles. The van der Waals surface area contributed by atoms with Crippen LogP contribution in [0.3, 0.4) is 0 Å². The molecule has 0 spiro atoms. The Labute approximate surface area is 138 Å². The summed E-state index contributed by atoms with van der Waals surface area (Å²) >= 11 is 0. The van der Waals surface area contributed by atoms with Gasteiger partial charge in [-0.3, -0.25) is 4.79 Å². The summed E-state index contributed by atoms with van der Waals surface area (Å²) < 4.78 is 5.34. The Bertz CT molecular complexity index is 438. The van der Waals surface area contributed by atoms with Gasteiger partial charge in [-0.1, -0.05) is 12.1 Å². The predicted octanol–water partition coefficient (Wildman–Crippen LogP) is 1.91. The normalized spacial score (nSPS) is 17.1. The Morgan fingerprint density at radius 2 is 2.10 bits per heavy atom. The molecule has 0 aliphatic carbocycles. The molecular formula is C14H23Cl2N3O2. The second-order valence-corrected chi connectivity index (χ2v) is 4.89. The highest BCUT2D eigenvalue weighted by Crippen LogP contribution is 2.23. The Hall–Kier alpha value is -1.01. The van der Waals surface area contributed by atoms with Crippen LogP contribution in [0.25, 0.3) is 0 Å². The Morgan fingerprint density at radius 1 is 1.38 bits per heavy atom. The van der Waals surface area contributed by atoms with Crippen LogP contribution >= 0.6 is 24.8 Å². The van der Waals surface area contributed by atoms with E-state index in [9.17, 15) is 4.79 Å². The average Bonchev–Trinajstić information content (AvgIpc) is 2.40. The number of nitrogens with zero attached hydrogens (tertiary/aromatic N) is 1. The fraction of sp³-hybridized carbons (Fsp3) is 0.500. The number of amides is 1. The molecule has 1 unspecified atom stereocenters. The minimum absolute atomic E-state index is 0. The highest BCUT2D eigenvalue weighted by atomic mass is 35.5. The number of halogens is 2. The third-order valence-electron chi connectivity index (χ3n) is 3.09. The molecule has 1 amide bonds. The lowest BCUT2D eigenvalue weighted by molar-refractivity contribution is -0.117. The predicted molar refractivity (Wildman–Crippen MR) is 91.1 cm³/mol. The van der Waals surface area contributed by atoms with E-state index in [1.165, 1.54) is 0 Å². The molecule has 120 valence electrons. The smallest absolute Gasteiger partial charge is 0.226 e. The van der Waals surface area contributed by atoms with Crippen LogP contribution in [-0.4, -0.2) is 45.8 Å². The lowest BCUT2D eigenvalue weighted by Gasteiger charge is -2.24. The first kappa shape index (κ1) is 20.0. The number of rotatable bonds is 4. The molecule has 0 bridgehead atoms. The zero-order chi connectivity index (χ0) is 13.7. The highest BCUT2D eigenvalue weighted by Gasteiger charge is 2.17. The number of nitrogens with one attached hydrogen (secondary N) is 2. The standard InChI is InChI=1S/C14H21N3O2.2ClH/c1-17(2)13-6-4-3-5-12(13)16-14(18)9-11-10-19-8-7-15-11;;/h3-6,11,15H,7-10H2,1-2H3,(H,16,18);2*1H. The van der Waals surface area contributed by atoms with Crippen LogP contribution in [0.2, 0.25) is 0 Å². The summed E-state index contributed by atoms with van der Waals surface area (Å²) in [5.41, 5.74) is 1.85. The number of ether oxygens (including phenoxy) is 1. The van der Waals surface area contributed by atoms with Crippen molar-refractivity contribution in [3.63, 3.8) is 0 Å². The van der Waals surface area contributed by atoms with Crippen molar-refractivity contribution in [1.29, 1.82) is 0 Å². The largest absolute Gasteiger partial charge is 0.378 e. The van der Waals surface area contributed by atoms with Crippen LogP contribution in [0.1, 0.15) is 6.42 Å². The van der Waals surface area contributed by atoms with Crippen LogP contribution < -0.4 is 15.5 Å². The molecule has 1 fully saturated rings. The van der Waals surface area contributed by atoms with Crippen LogP contribution in [-0.2, 0) is 9.53 Å². The van der Waals surface area contributed by atoms with Crippen molar-refractivity contribution in [1.82, 2.24) is 5.32 Å². The Kier molecular flexibility index (Phi) is 9.37. The third-order valence-corrected chi connectivity index (χ3v) is 3.09. The summed E-state index contributed by atoms with van der Waals surface area (Å²) in [4.78, 5) is 14.0. The van der Waals surface area contributed by atoms with Crippen molar-refractivity contribution in [2.24, 2.45) is 0 Å². The van der Waals surface area contributed by atoms with Crippen molar-refractivity contribution in [3.05, 3.63) is 24.3 Å². The molecule has 0 aromatic heterocycles. The minimum atomic E-state index is 0. The number of hydrogen-bond donors (Lipinski definition) is 2. The quantitative estimate of drug-likeness (QED) is 0.882. The topological polar surface area (TPSA) is 53.6 Å². The van der Waals surface area contributed by atoms with E-state index in [2.05, 4.69) is 10.6 Å². The maximum Gasteiger partial charge on any atom is 0.226 e. The maximum absolute atomic E-state index is 12.0. The van der Waals surface area contributed by atoms with Gasteiger partial charge in [0, 0.05) is 33.1 Å². The molecule has 0 saturated carbocycles. The number of hydrogen-bond acceptors (Lipinski definition) is 4. The lowest BCUT2D eigenvalue weighted by atomic mass is 10.2. The van der Waals surface area contributed by atoms with E-state index >= 15 is 0 Å². The molecule has 5 nitrogen and oxygen atoms in total. The number of benzene rings is 1. The SMILES string of the molecule is CN(C)c1ccccc1NC(=O)CC1COCCN1.Cl.Cl. The average molecular weight is 336 g/mol. The molecule has 21 heavy (non-hydrogen) atoms. The molecule has 0 radical (unpaired) electrons. The molecule has 1 saturated heterocycles. The summed E-state index contributed by atoms with van der Waals surface area (Å²) in [6, 6.07) is 7.89. The van der Waals surface area contributed by atoms with Gasteiger partial charge in [-0.05, 0) is 12.1 Å². The van der Waals surface area contributed by atoms with Crippen molar-refractivity contribution >= 4 is 42.1 Å². The van der Waals surface area contributed by atoms with Crippen LogP contribution in [0.4, 0.5) is 11.4 Å². The van der Waals surface area contributed by atoms with E-state index in [0.29, 0.717) is 13.0 Å². The fourth-order valence-corrected chi connectivity index (χ4v) is 2.15. The van der Waals surface area contributed by atoms with Crippen molar-refractivity contribution in [2.45, 2.75) is 12.5 Å². The first-order valence-corrected chi connectivity index (χ1v) is 6.54. The first-order chi connectivity index (χ1) is 9.16. The second-order valence-electron chi connectivity index (χ2n) is 4.89. The van der Waals surface area contributed by atoms with Gasteiger partial charge in [0.15, 0.2) is 0 Å². The van der Waals surface area contributed by atoms with E-state index in [-0.39, 0.29) is 36.8 Å². The van der Waals surface area contributed by atoms with Crippen molar-refractivity contribution < 1.29 is 9.53 Å². The van der Waals surface area contributed by atoms with Crippen LogP contribution in [0.15, 0.2) is 24.3 Å². The number of morpholine rings is 1. The zero-order valence-electron chi connectivity index (χ0n) is 12.3. The van der Waals surface area contributed by atoms with Gasteiger partial charge in [0.25, 0.3) is 0 Å². The van der Waals surface area contributed by atoms with Gasteiger partial charge < -0.3 is 20.3 Å². The van der Waals surface area contributed by atoms with Crippen LogP contribution in [0, 0.1) is 0 Å². The van der Waals surface area contributed by atoms with E-state index in [0.717, 1.165) is 24.5 Å². The number of para-hydroxylation sites is 2. The molecular weight excluding hydrogens is 313 g/mol. The van der Waals surface area contributed by atoms with E-state index in [4.69, 9.17) is 4.74 Å². The summed E-state index contributed by atoms with van der Waals surface area (Å²) in [5, 5.41) is 6.24. The minimum Gasteiger partial charge on any atom is -0.378 e. The summed E-state index contributed by atoms with van der Waals surface area (Å²) in [7, 11) is 3.92. The zero-order valence-corrected chi connectivity index (χ0v) is 13.9. The molecule has 1 aliphatic rings. The molecule has 2 N–H and O–H groups in total. The molecule has 1 atom stereocenters. The number of carbonyl (C=O) groups excluding carboxylic acids is 1.